The van der Waals surface area contributed by atoms with Crippen LogP contribution in [0.2, 0.25) is 0 Å². The topological polar surface area (TPSA) is 66.7 Å². The van der Waals surface area contributed by atoms with Gasteiger partial charge in [-0.15, -0.1) is 0 Å². The average molecular weight is 363 g/mol. The Bertz CT molecular complexity index is 826. The Kier molecular flexibility index (Phi) is 4.33. The number of rotatable bonds is 5. The first-order chi connectivity index (χ1) is 12.0. The summed E-state index contributed by atoms with van der Waals surface area (Å²) in [6.45, 7) is 2.53. The molecule has 0 bridgehead atoms. The highest BCUT2D eigenvalue weighted by Crippen LogP contribution is 2.39. The maximum absolute atomic E-state index is 13.2. The number of nitrogens with zero attached hydrogens (tertiary/aromatic N) is 3. The number of piperidine rings is 1. The third-order valence-electron chi connectivity index (χ3n) is 5.59. The third-order valence-corrected chi connectivity index (χ3v) is 7.68. The van der Waals surface area contributed by atoms with Gasteiger partial charge in [-0.3, -0.25) is 0 Å². The summed E-state index contributed by atoms with van der Waals surface area (Å²) in [4.78, 5) is 4.56. The normalized spacial score (nSPS) is 24.0. The third kappa shape index (κ3) is 3.09. The van der Waals surface area contributed by atoms with Gasteiger partial charge in [-0.1, -0.05) is 18.6 Å². The van der Waals surface area contributed by atoms with Crippen molar-refractivity contribution < 1.29 is 12.8 Å². The number of benzene rings is 1. The molecule has 2 aromatic rings. The molecule has 1 aliphatic carbocycles. The van der Waals surface area contributed by atoms with Crippen LogP contribution in [0.4, 0.5) is 0 Å². The highest BCUT2D eigenvalue weighted by Gasteiger charge is 2.42. The second kappa shape index (κ2) is 6.37. The fourth-order valence-electron chi connectivity index (χ4n) is 3.71. The highest BCUT2D eigenvalue weighted by molar-refractivity contribution is 7.86. The van der Waals surface area contributed by atoms with E-state index in [9.17, 15) is 8.42 Å². The van der Waals surface area contributed by atoms with Gasteiger partial charge in [0.1, 0.15) is 11.6 Å². The van der Waals surface area contributed by atoms with Crippen LogP contribution in [0.15, 0.2) is 28.7 Å². The average Bonchev–Trinajstić information content (AvgIpc) is 3.38. The Hall–Kier alpha value is -1.44. The van der Waals surface area contributed by atoms with Crippen molar-refractivity contribution in [2.75, 3.05) is 13.6 Å². The fraction of sp³-hybridized carbons (Fsp3) is 0.611. The molecule has 7 heteroatoms. The first kappa shape index (κ1) is 17.0. The molecule has 136 valence electrons. The van der Waals surface area contributed by atoms with E-state index in [1.807, 2.05) is 31.2 Å². The molecule has 1 saturated heterocycles. The van der Waals surface area contributed by atoms with Crippen LogP contribution in [0.3, 0.4) is 0 Å². The zero-order valence-electron chi connectivity index (χ0n) is 14.8. The lowest BCUT2D eigenvalue weighted by molar-refractivity contribution is 0.201. The monoisotopic (exact) mass is 363 g/mol. The van der Waals surface area contributed by atoms with Crippen molar-refractivity contribution >= 4 is 21.3 Å². The van der Waals surface area contributed by atoms with E-state index in [0.29, 0.717) is 23.9 Å². The molecule has 6 nitrogen and oxygen atoms in total. The molecule has 2 fully saturated rings. The SMILES string of the molecule is C[C@@H](C1CC1)N(C)S(=O)(=O)N1CCCC[C@H]1c1nc2ccccc2o1. The molecule has 25 heavy (non-hydrogen) atoms. The van der Waals surface area contributed by atoms with Crippen molar-refractivity contribution in [3.63, 3.8) is 0 Å². The molecule has 2 aliphatic rings. The molecule has 0 amide bonds. The Morgan fingerprint density at radius 3 is 2.72 bits per heavy atom. The first-order valence-electron chi connectivity index (χ1n) is 9.09. The van der Waals surface area contributed by atoms with E-state index >= 15 is 0 Å². The van der Waals surface area contributed by atoms with Gasteiger partial charge in [0.05, 0.1) is 0 Å². The van der Waals surface area contributed by atoms with Gasteiger partial charge in [0, 0.05) is 19.6 Å². The molecule has 2 heterocycles. The van der Waals surface area contributed by atoms with Crippen molar-refractivity contribution in [2.45, 2.75) is 51.1 Å². The minimum atomic E-state index is -3.53. The Balaban J connectivity index is 1.66. The summed E-state index contributed by atoms with van der Waals surface area (Å²) >= 11 is 0. The van der Waals surface area contributed by atoms with Crippen LogP contribution < -0.4 is 0 Å². The van der Waals surface area contributed by atoms with Gasteiger partial charge in [-0.05, 0) is 50.7 Å². The minimum Gasteiger partial charge on any atom is -0.439 e. The van der Waals surface area contributed by atoms with Gasteiger partial charge in [0.25, 0.3) is 10.2 Å². The molecule has 1 aromatic carbocycles. The molecule has 1 aromatic heterocycles. The van der Waals surface area contributed by atoms with Gasteiger partial charge in [-0.2, -0.15) is 17.0 Å². The van der Waals surface area contributed by atoms with Crippen LogP contribution in [-0.4, -0.2) is 41.6 Å². The summed E-state index contributed by atoms with van der Waals surface area (Å²) in [7, 11) is -1.83. The van der Waals surface area contributed by atoms with E-state index in [1.165, 1.54) is 0 Å². The molecule has 0 spiro atoms. The van der Waals surface area contributed by atoms with Gasteiger partial charge in [0.15, 0.2) is 5.58 Å². The first-order valence-corrected chi connectivity index (χ1v) is 10.5. The molecule has 0 radical (unpaired) electrons. The standard InChI is InChI=1S/C18H25N3O3S/c1-13(14-10-11-14)20(2)25(22,23)21-12-6-5-8-16(21)18-19-15-7-3-4-9-17(15)24-18/h3-4,7,9,13-14,16H,5-6,8,10-12H2,1-2H3/t13-,16-/m0/s1. The van der Waals surface area contributed by atoms with Crippen molar-refractivity contribution in [3.8, 4) is 0 Å². The maximum Gasteiger partial charge on any atom is 0.282 e. The molecular formula is C18H25N3O3S. The van der Waals surface area contributed by atoms with Crippen LogP contribution in [0.1, 0.15) is 51.0 Å². The predicted molar refractivity (Wildman–Crippen MR) is 96.2 cm³/mol. The van der Waals surface area contributed by atoms with E-state index in [0.717, 1.165) is 37.6 Å². The largest absolute Gasteiger partial charge is 0.439 e. The molecule has 1 aliphatic heterocycles. The maximum atomic E-state index is 13.2. The van der Waals surface area contributed by atoms with E-state index in [2.05, 4.69) is 4.98 Å². The van der Waals surface area contributed by atoms with Gasteiger partial charge in [-0.25, -0.2) is 4.98 Å². The van der Waals surface area contributed by atoms with Gasteiger partial charge >= 0.3 is 0 Å². The molecule has 2 atom stereocenters. The molecule has 0 N–H and O–H groups in total. The van der Waals surface area contributed by atoms with Gasteiger partial charge in [0.2, 0.25) is 5.89 Å². The number of para-hydroxylation sites is 2. The summed E-state index contributed by atoms with van der Waals surface area (Å²) in [5.74, 6) is 1.00. The number of hydrogen-bond acceptors (Lipinski definition) is 4. The van der Waals surface area contributed by atoms with Crippen molar-refractivity contribution in [1.29, 1.82) is 0 Å². The number of fused-ring (bicyclic) bond motifs is 1. The minimum absolute atomic E-state index is 0.0382. The molecular weight excluding hydrogens is 338 g/mol. The Morgan fingerprint density at radius 1 is 1.24 bits per heavy atom. The van der Waals surface area contributed by atoms with Crippen LogP contribution in [0, 0.1) is 5.92 Å². The number of aromatic nitrogens is 1. The Morgan fingerprint density at radius 2 is 2.00 bits per heavy atom. The lowest BCUT2D eigenvalue weighted by Crippen LogP contribution is -2.49. The summed E-state index contributed by atoms with van der Waals surface area (Å²) in [6.07, 6.45) is 4.85. The zero-order chi connectivity index (χ0) is 17.6. The van der Waals surface area contributed by atoms with E-state index in [4.69, 9.17) is 4.42 Å². The second-order valence-corrected chi connectivity index (χ2v) is 9.18. The van der Waals surface area contributed by atoms with Crippen molar-refractivity contribution in [3.05, 3.63) is 30.2 Å². The summed E-state index contributed by atoms with van der Waals surface area (Å²) in [6, 6.07) is 7.30. The quantitative estimate of drug-likeness (QED) is 0.817. The van der Waals surface area contributed by atoms with Crippen LogP contribution in [0.25, 0.3) is 11.1 Å². The van der Waals surface area contributed by atoms with Crippen LogP contribution in [-0.2, 0) is 10.2 Å². The number of hydrogen-bond donors (Lipinski definition) is 0. The fourth-order valence-corrected chi connectivity index (χ4v) is 5.51. The summed E-state index contributed by atoms with van der Waals surface area (Å²) < 4.78 is 35.5. The molecule has 1 saturated carbocycles. The summed E-state index contributed by atoms with van der Waals surface area (Å²) in [5.41, 5.74) is 1.49. The molecule has 0 unspecified atom stereocenters. The Labute approximate surface area is 149 Å². The van der Waals surface area contributed by atoms with Crippen LogP contribution >= 0.6 is 0 Å². The number of oxazole rings is 1. The van der Waals surface area contributed by atoms with Gasteiger partial charge < -0.3 is 4.42 Å². The molecule has 4 rings (SSSR count). The summed E-state index contributed by atoms with van der Waals surface area (Å²) in [5, 5.41) is 0. The van der Waals surface area contributed by atoms with Crippen molar-refractivity contribution in [2.24, 2.45) is 5.92 Å². The lowest BCUT2D eigenvalue weighted by Gasteiger charge is -2.37. The van der Waals surface area contributed by atoms with Crippen molar-refractivity contribution in [1.82, 2.24) is 13.6 Å². The van der Waals surface area contributed by atoms with E-state index in [-0.39, 0.29) is 12.1 Å². The van der Waals surface area contributed by atoms with Crippen LogP contribution in [0.5, 0.6) is 0 Å². The van der Waals surface area contributed by atoms with E-state index < -0.39 is 10.2 Å². The second-order valence-electron chi connectivity index (χ2n) is 7.24. The smallest absolute Gasteiger partial charge is 0.282 e. The predicted octanol–water partition coefficient (Wildman–Crippen LogP) is 3.33. The highest BCUT2D eigenvalue weighted by atomic mass is 32.2. The van der Waals surface area contributed by atoms with E-state index in [1.54, 1.807) is 15.7 Å². The zero-order valence-corrected chi connectivity index (χ0v) is 15.6. The lowest BCUT2D eigenvalue weighted by atomic mass is 10.1.